The van der Waals surface area contributed by atoms with Crippen LogP contribution in [0.1, 0.15) is 35.9 Å². The van der Waals surface area contributed by atoms with Gasteiger partial charge in [0.25, 0.3) is 0 Å². The second kappa shape index (κ2) is 6.20. The molecule has 1 aliphatic rings. The summed E-state index contributed by atoms with van der Waals surface area (Å²) < 4.78 is 0. The molecule has 0 unspecified atom stereocenters. The molecule has 3 N–H and O–H groups in total. The fourth-order valence-corrected chi connectivity index (χ4v) is 3.02. The van der Waals surface area contributed by atoms with Crippen LogP contribution < -0.4 is 5.73 Å². The molecule has 2 rings (SSSR count). The lowest BCUT2D eigenvalue weighted by Crippen LogP contribution is -2.29. The molecule has 100 valence electrons. The fourth-order valence-electron chi connectivity index (χ4n) is 2.04. The van der Waals surface area contributed by atoms with E-state index in [0.717, 1.165) is 19.5 Å². The van der Waals surface area contributed by atoms with E-state index in [-0.39, 0.29) is 0 Å². The molecule has 1 saturated carbocycles. The van der Waals surface area contributed by atoms with E-state index in [1.165, 1.54) is 22.6 Å². The zero-order valence-corrected chi connectivity index (χ0v) is 11.6. The van der Waals surface area contributed by atoms with Crippen LogP contribution in [-0.2, 0) is 13.0 Å². The molecular weight excluding hydrogens is 246 g/mol. The number of hydrogen-bond acceptors (Lipinski definition) is 4. The second-order valence-corrected chi connectivity index (χ2v) is 6.02. The van der Waals surface area contributed by atoms with Gasteiger partial charge in [-0.25, -0.2) is 0 Å². The lowest BCUT2D eigenvalue weighted by atomic mass is 10.3. The first kappa shape index (κ1) is 13.4. The predicted octanol–water partition coefficient (Wildman–Crippen LogP) is 2.41. The molecule has 0 saturated heterocycles. The fraction of sp³-hybridized carbons (Fsp3) is 0.615. The standard InChI is InChI=1S/C13H21N3OS/c1-2-11-5-6-12(18-11)9-16(10-3-4-10)8-7-13(14)15-17/h5-6,10,17H,2-4,7-9H2,1H3,(H2,14,15). The Morgan fingerprint density at radius 1 is 1.50 bits per heavy atom. The molecule has 0 aromatic carbocycles. The van der Waals surface area contributed by atoms with Crippen molar-refractivity contribution in [3.05, 3.63) is 21.9 Å². The SMILES string of the molecule is CCc1ccc(CN(CC/C(N)=N/O)C2CC2)s1. The summed E-state index contributed by atoms with van der Waals surface area (Å²) in [6.45, 7) is 4.06. The highest BCUT2D eigenvalue weighted by Gasteiger charge is 2.29. The molecule has 5 heteroatoms. The van der Waals surface area contributed by atoms with Gasteiger partial charge in [-0.15, -0.1) is 11.3 Å². The minimum atomic E-state index is 0.320. The molecule has 1 heterocycles. The number of amidine groups is 1. The van der Waals surface area contributed by atoms with Gasteiger partial charge >= 0.3 is 0 Å². The minimum Gasteiger partial charge on any atom is -0.409 e. The molecule has 1 aliphatic carbocycles. The number of hydrogen-bond donors (Lipinski definition) is 2. The summed E-state index contributed by atoms with van der Waals surface area (Å²) in [5.41, 5.74) is 5.54. The highest BCUT2D eigenvalue weighted by Crippen LogP contribution is 2.30. The Morgan fingerprint density at radius 3 is 2.78 bits per heavy atom. The van der Waals surface area contributed by atoms with Crippen molar-refractivity contribution in [2.45, 2.75) is 45.2 Å². The first-order valence-corrected chi connectivity index (χ1v) is 7.32. The Bertz CT molecular complexity index is 412. The number of rotatable bonds is 7. The number of aryl methyl sites for hydroxylation is 1. The van der Waals surface area contributed by atoms with Gasteiger partial charge in [-0.05, 0) is 31.4 Å². The molecule has 0 bridgehead atoms. The van der Waals surface area contributed by atoms with E-state index in [1.807, 2.05) is 11.3 Å². The summed E-state index contributed by atoms with van der Waals surface area (Å²) in [6.07, 6.45) is 4.31. The van der Waals surface area contributed by atoms with Gasteiger partial charge in [0.05, 0.1) is 0 Å². The van der Waals surface area contributed by atoms with Crippen LogP contribution in [0.5, 0.6) is 0 Å². The van der Waals surface area contributed by atoms with Crippen LogP contribution in [0.25, 0.3) is 0 Å². The number of oxime groups is 1. The molecule has 1 aromatic heterocycles. The molecule has 0 radical (unpaired) electrons. The zero-order chi connectivity index (χ0) is 13.0. The highest BCUT2D eigenvalue weighted by molar-refractivity contribution is 7.11. The molecule has 0 amide bonds. The van der Waals surface area contributed by atoms with Crippen LogP contribution in [0.2, 0.25) is 0 Å². The van der Waals surface area contributed by atoms with Crippen molar-refractivity contribution < 1.29 is 5.21 Å². The van der Waals surface area contributed by atoms with Crippen molar-refractivity contribution in [1.82, 2.24) is 4.90 Å². The van der Waals surface area contributed by atoms with E-state index in [9.17, 15) is 0 Å². The van der Waals surface area contributed by atoms with Crippen LogP contribution in [0.3, 0.4) is 0 Å². The molecule has 1 aromatic rings. The van der Waals surface area contributed by atoms with Gasteiger partial charge in [-0.3, -0.25) is 4.90 Å². The van der Waals surface area contributed by atoms with Gasteiger partial charge in [0, 0.05) is 35.3 Å². The van der Waals surface area contributed by atoms with Crippen molar-refractivity contribution >= 4 is 17.2 Å². The first-order chi connectivity index (χ1) is 8.72. The predicted molar refractivity (Wildman–Crippen MR) is 75.2 cm³/mol. The molecular formula is C13H21N3OS. The quantitative estimate of drug-likeness (QED) is 0.345. The van der Waals surface area contributed by atoms with Crippen molar-refractivity contribution in [3.63, 3.8) is 0 Å². The summed E-state index contributed by atoms with van der Waals surface area (Å²) in [4.78, 5) is 5.30. The van der Waals surface area contributed by atoms with E-state index in [0.29, 0.717) is 18.3 Å². The normalized spacial score (nSPS) is 16.4. The Hall–Kier alpha value is -1.07. The maximum atomic E-state index is 8.57. The molecule has 4 nitrogen and oxygen atoms in total. The third-order valence-electron chi connectivity index (χ3n) is 3.27. The van der Waals surface area contributed by atoms with Gasteiger partial charge in [-0.2, -0.15) is 0 Å². The van der Waals surface area contributed by atoms with Gasteiger partial charge in [0.15, 0.2) is 0 Å². The van der Waals surface area contributed by atoms with Crippen LogP contribution in [0.4, 0.5) is 0 Å². The molecule has 0 atom stereocenters. The van der Waals surface area contributed by atoms with E-state index in [1.54, 1.807) is 0 Å². The molecule has 0 aliphatic heterocycles. The zero-order valence-electron chi connectivity index (χ0n) is 10.8. The average molecular weight is 267 g/mol. The van der Waals surface area contributed by atoms with E-state index >= 15 is 0 Å². The van der Waals surface area contributed by atoms with Crippen LogP contribution in [0.15, 0.2) is 17.3 Å². The number of thiophene rings is 1. The Balaban J connectivity index is 1.89. The monoisotopic (exact) mass is 267 g/mol. The lowest BCUT2D eigenvalue weighted by Gasteiger charge is -2.20. The van der Waals surface area contributed by atoms with Crippen LogP contribution in [-0.4, -0.2) is 28.5 Å². The second-order valence-electron chi connectivity index (χ2n) is 4.76. The highest BCUT2D eigenvalue weighted by atomic mass is 32.1. The maximum absolute atomic E-state index is 8.57. The molecule has 18 heavy (non-hydrogen) atoms. The molecule has 1 fully saturated rings. The van der Waals surface area contributed by atoms with Crippen LogP contribution >= 0.6 is 11.3 Å². The summed E-state index contributed by atoms with van der Waals surface area (Å²) in [5.74, 6) is 0.320. The van der Waals surface area contributed by atoms with E-state index < -0.39 is 0 Å². The Labute approximate surface area is 112 Å². The van der Waals surface area contributed by atoms with Gasteiger partial charge in [0.1, 0.15) is 5.84 Å². The summed E-state index contributed by atoms with van der Waals surface area (Å²) in [7, 11) is 0. The third kappa shape index (κ3) is 3.71. The number of nitrogens with two attached hydrogens (primary N) is 1. The maximum Gasteiger partial charge on any atom is 0.140 e. The van der Waals surface area contributed by atoms with E-state index in [4.69, 9.17) is 10.9 Å². The van der Waals surface area contributed by atoms with Crippen molar-refractivity contribution in [1.29, 1.82) is 0 Å². The topological polar surface area (TPSA) is 61.8 Å². The van der Waals surface area contributed by atoms with Gasteiger partial charge < -0.3 is 10.9 Å². The lowest BCUT2D eigenvalue weighted by molar-refractivity contribution is 0.262. The van der Waals surface area contributed by atoms with Crippen molar-refractivity contribution in [2.24, 2.45) is 10.9 Å². The van der Waals surface area contributed by atoms with E-state index in [2.05, 4.69) is 29.1 Å². The van der Waals surface area contributed by atoms with Crippen molar-refractivity contribution in [2.75, 3.05) is 6.54 Å². The summed E-state index contributed by atoms with van der Waals surface area (Å²) >= 11 is 1.89. The smallest absolute Gasteiger partial charge is 0.140 e. The first-order valence-electron chi connectivity index (χ1n) is 6.51. The Morgan fingerprint density at radius 2 is 2.22 bits per heavy atom. The average Bonchev–Trinajstić information content (AvgIpc) is 3.14. The van der Waals surface area contributed by atoms with Crippen LogP contribution in [0, 0.1) is 0 Å². The van der Waals surface area contributed by atoms with Gasteiger partial charge in [-0.1, -0.05) is 12.1 Å². The van der Waals surface area contributed by atoms with Gasteiger partial charge in [0.2, 0.25) is 0 Å². The largest absolute Gasteiger partial charge is 0.409 e. The summed E-state index contributed by atoms with van der Waals surface area (Å²) in [6, 6.07) is 5.14. The number of nitrogens with zero attached hydrogens (tertiary/aromatic N) is 2. The third-order valence-corrected chi connectivity index (χ3v) is 4.49. The van der Waals surface area contributed by atoms with Crippen molar-refractivity contribution in [3.8, 4) is 0 Å². The Kier molecular flexibility index (Phi) is 4.60. The molecule has 0 spiro atoms. The minimum absolute atomic E-state index is 0.320. The summed E-state index contributed by atoms with van der Waals surface area (Å²) in [5, 5.41) is 11.6.